The number of hydrogen-bond acceptors (Lipinski definition) is 5. The lowest BCUT2D eigenvalue weighted by Gasteiger charge is -2.31. The number of nitrogens with zero attached hydrogens (tertiary/aromatic N) is 4. The molecule has 1 aromatic heterocycles. The molecule has 32 heavy (non-hydrogen) atoms. The molecular formula is C26H27N5O. The first-order valence-corrected chi connectivity index (χ1v) is 11.5. The Morgan fingerprint density at radius 2 is 1.69 bits per heavy atom. The van der Waals surface area contributed by atoms with Crippen LogP contribution in [0, 0.1) is 11.3 Å². The van der Waals surface area contributed by atoms with E-state index in [1.54, 1.807) is 0 Å². The predicted octanol–water partition coefficient (Wildman–Crippen LogP) is 4.25. The van der Waals surface area contributed by atoms with Crippen molar-refractivity contribution < 1.29 is 4.79 Å². The number of benzene rings is 2. The summed E-state index contributed by atoms with van der Waals surface area (Å²) in [6.07, 6.45) is 6.30. The molecule has 1 aliphatic carbocycles. The van der Waals surface area contributed by atoms with Gasteiger partial charge in [-0.1, -0.05) is 55.7 Å². The van der Waals surface area contributed by atoms with Gasteiger partial charge < -0.3 is 10.2 Å². The van der Waals surface area contributed by atoms with Crippen molar-refractivity contribution in [3.63, 3.8) is 0 Å². The molecule has 162 valence electrons. The number of para-hydroxylation sites is 2. The molecule has 1 saturated carbocycles. The summed E-state index contributed by atoms with van der Waals surface area (Å²) in [7, 11) is 0. The van der Waals surface area contributed by atoms with Gasteiger partial charge in [-0.05, 0) is 42.5 Å². The number of nitrogens with one attached hydrogen (secondary N) is 1. The van der Waals surface area contributed by atoms with Crippen molar-refractivity contribution in [2.24, 2.45) is 0 Å². The topological polar surface area (TPSA) is 81.9 Å². The third-order valence-electron chi connectivity index (χ3n) is 6.62. The van der Waals surface area contributed by atoms with Crippen LogP contribution in [0.1, 0.15) is 54.8 Å². The Labute approximate surface area is 188 Å². The molecular weight excluding hydrogens is 398 g/mol. The molecule has 0 saturated heterocycles. The minimum Gasteiger partial charge on any atom is -0.352 e. The molecule has 1 aliphatic heterocycles. The van der Waals surface area contributed by atoms with Gasteiger partial charge in [0.2, 0.25) is 5.91 Å². The fraction of sp³-hybridized carbons (Fsp3) is 0.385. The van der Waals surface area contributed by atoms with Crippen LogP contribution in [0.5, 0.6) is 0 Å². The van der Waals surface area contributed by atoms with E-state index in [0.717, 1.165) is 44.2 Å². The average Bonchev–Trinajstić information content (AvgIpc) is 2.84. The second-order valence-electron chi connectivity index (χ2n) is 8.77. The van der Waals surface area contributed by atoms with Gasteiger partial charge in [0.25, 0.3) is 0 Å². The Morgan fingerprint density at radius 3 is 2.44 bits per heavy atom. The zero-order chi connectivity index (χ0) is 21.9. The first-order chi connectivity index (χ1) is 15.7. The fourth-order valence-electron chi connectivity index (χ4n) is 4.88. The van der Waals surface area contributed by atoms with Gasteiger partial charge in [0.05, 0.1) is 17.1 Å². The van der Waals surface area contributed by atoms with Crippen molar-refractivity contribution in [3.05, 3.63) is 65.4 Å². The smallest absolute Gasteiger partial charge is 0.243 e. The van der Waals surface area contributed by atoms with Crippen molar-refractivity contribution in [3.8, 4) is 6.07 Å². The highest BCUT2D eigenvalue weighted by atomic mass is 16.2. The van der Waals surface area contributed by atoms with Crippen LogP contribution < -0.4 is 10.2 Å². The lowest BCUT2D eigenvalue weighted by atomic mass is 9.94. The SMILES string of the molecule is N#CC(C(=O)NC1CCCCC1)c1nc2ccccc2nc1N1CCc2ccccc2C1. The summed E-state index contributed by atoms with van der Waals surface area (Å²) < 4.78 is 0. The zero-order valence-electron chi connectivity index (χ0n) is 18.1. The van der Waals surface area contributed by atoms with E-state index >= 15 is 0 Å². The standard InChI is InChI=1S/C26H27N5O/c27-16-21(26(32)28-20-10-2-1-3-11-20)24-25(30-23-13-7-6-12-22(23)29-24)31-15-14-18-8-4-5-9-19(18)17-31/h4-9,12-13,20-21H,1-3,10-11,14-15,17H2,(H,28,32). The minimum atomic E-state index is -0.985. The van der Waals surface area contributed by atoms with Crippen LogP contribution >= 0.6 is 0 Å². The van der Waals surface area contributed by atoms with E-state index in [1.807, 2.05) is 30.3 Å². The monoisotopic (exact) mass is 425 g/mol. The zero-order valence-corrected chi connectivity index (χ0v) is 18.1. The van der Waals surface area contributed by atoms with E-state index < -0.39 is 5.92 Å². The Morgan fingerprint density at radius 1 is 1.00 bits per heavy atom. The summed E-state index contributed by atoms with van der Waals surface area (Å²) in [5, 5.41) is 13.1. The van der Waals surface area contributed by atoms with Crippen LogP contribution in [-0.2, 0) is 17.8 Å². The number of carbonyl (C=O) groups is 1. The second kappa shape index (κ2) is 8.96. The van der Waals surface area contributed by atoms with Gasteiger partial charge in [0, 0.05) is 19.1 Å². The van der Waals surface area contributed by atoms with E-state index in [9.17, 15) is 10.1 Å². The molecule has 6 nitrogen and oxygen atoms in total. The normalized spacial score (nSPS) is 17.4. The Kier molecular flexibility index (Phi) is 5.72. The summed E-state index contributed by atoms with van der Waals surface area (Å²) in [6.45, 7) is 1.47. The van der Waals surface area contributed by atoms with Crippen molar-refractivity contribution in [2.45, 2.75) is 57.0 Å². The Hall–Kier alpha value is -3.46. The fourth-order valence-corrected chi connectivity index (χ4v) is 4.88. The summed E-state index contributed by atoms with van der Waals surface area (Å²) in [5.41, 5.74) is 4.52. The van der Waals surface area contributed by atoms with Crippen LogP contribution in [0.2, 0.25) is 0 Å². The third-order valence-corrected chi connectivity index (χ3v) is 6.62. The van der Waals surface area contributed by atoms with Gasteiger partial charge in [0.1, 0.15) is 5.69 Å². The van der Waals surface area contributed by atoms with Crippen LogP contribution in [0.15, 0.2) is 48.5 Å². The second-order valence-corrected chi connectivity index (χ2v) is 8.77. The van der Waals surface area contributed by atoms with Crippen molar-refractivity contribution in [1.29, 1.82) is 5.26 Å². The molecule has 3 aromatic rings. The van der Waals surface area contributed by atoms with Gasteiger partial charge in [-0.15, -0.1) is 0 Å². The van der Waals surface area contributed by atoms with Gasteiger partial charge >= 0.3 is 0 Å². The summed E-state index contributed by atoms with van der Waals surface area (Å²) in [6, 6.07) is 18.4. The summed E-state index contributed by atoms with van der Waals surface area (Å²) in [5.74, 6) is -0.604. The number of amides is 1. The number of hydrogen-bond donors (Lipinski definition) is 1. The number of anilines is 1. The molecule has 5 rings (SSSR count). The number of nitriles is 1. The number of rotatable bonds is 4. The summed E-state index contributed by atoms with van der Waals surface area (Å²) in [4.78, 5) is 25.1. The lowest BCUT2D eigenvalue weighted by Crippen LogP contribution is -2.40. The van der Waals surface area contributed by atoms with Crippen LogP contribution in [-0.4, -0.2) is 28.5 Å². The Balaban J connectivity index is 1.52. The highest BCUT2D eigenvalue weighted by molar-refractivity contribution is 5.89. The maximum Gasteiger partial charge on any atom is 0.243 e. The predicted molar refractivity (Wildman–Crippen MR) is 124 cm³/mol. The first kappa shape index (κ1) is 20.4. The molecule has 2 heterocycles. The third kappa shape index (κ3) is 4.03. The van der Waals surface area contributed by atoms with E-state index in [0.29, 0.717) is 23.6 Å². The molecule has 1 atom stereocenters. The molecule has 2 aromatic carbocycles. The van der Waals surface area contributed by atoms with Crippen LogP contribution in [0.3, 0.4) is 0 Å². The molecule has 1 amide bonds. The quantitative estimate of drug-likeness (QED) is 0.676. The molecule has 1 unspecified atom stereocenters. The Bertz CT molecular complexity index is 1180. The van der Waals surface area contributed by atoms with Gasteiger partial charge in [-0.3, -0.25) is 4.79 Å². The average molecular weight is 426 g/mol. The largest absolute Gasteiger partial charge is 0.352 e. The van der Waals surface area contributed by atoms with Crippen LogP contribution in [0.25, 0.3) is 11.0 Å². The van der Waals surface area contributed by atoms with E-state index in [4.69, 9.17) is 9.97 Å². The highest BCUT2D eigenvalue weighted by Crippen LogP contribution is 2.31. The molecule has 1 fully saturated rings. The molecule has 0 radical (unpaired) electrons. The highest BCUT2D eigenvalue weighted by Gasteiger charge is 2.31. The van der Waals surface area contributed by atoms with E-state index in [-0.39, 0.29) is 11.9 Å². The summed E-state index contributed by atoms with van der Waals surface area (Å²) >= 11 is 0. The number of aromatic nitrogens is 2. The first-order valence-electron chi connectivity index (χ1n) is 11.5. The molecule has 2 aliphatic rings. The van der Waals surface area contributed by atoms with Crippen molar-refractivity contribution >= 4 is 22.8 Å². The van der Waals surface area contributed by atoms with Crippen molar-refractivity contribution in [1.82, 2.24) is 15.3 Å². The maximum absolute atomic E-state index is 13.2. The molecule has 0 bridgehead atoms. The molecule has 0 spiro atoms. The van der Waals surface area contributed by atoms with Gasteiger partial charge in [0.15, 0.2) is 11.7 Å². The molecule has 6 heteroatoms. The van der Waals surface area contributed by atoms with E-state index in [2.05, 4.69) is 34.5 Å². The van der Waals surface area contributed by atoms with Gasteiger partial charge in [-0.2, -0.15) is 5.26 Å². The number of fused-ring (bicyclic) bond motifs is 2. The van der Waals surface area contributed by atoms with Gasteiger partial charge in [-0.25, -0.2) is 9.97 Å². The lowest BCUT2D eigenvalue weighted by molar-refractivity contribution is -0.122. The molecule has 1 N–H and O–H groups in total. The van der Waals surface area contributed by atoms with Crippen LogP contribution in [0.4, 0.5) is 5.82 Å². The van der Waals surface area contributed by atoms with E-state index in [1.165, 1.54) is 17.5 Å². The van der Waals surface area contributed by atoms with Crippen molar-refractivity contribution in [2.75, 3.05) is 11.4 Å². The minimum absolute atomic E-state index is 0.144. The number of carbonyl (C=O) groups excluding carboxylic acids is 1. The maximum atomic E-state index is 13.2.